The first-order chi connectivity index (χ1) is 13.8. The average Bonchev–Trinajstić information content (AvgIpc) is 2.66. The summed E-state index contributed by atoms with van der Waals surface area (Å²) in [5, 5.41) is -4.06. The smallest absolute Gasteiger partial charge is 0.353 e. The first kappa shape index (κ1) is 22.8. The highest BCUT2D eigenvalue weighted by atomic mass is 35.5. The number of halogens is 5. The molecule has 0 aromatic heterocycles. The molecule has 1 aliphatic carbocycles. The molecule has 1 aromatic carbocycles. The normalized spacial score (nSPS) is 28.5. The Labute approximate surface area is 173 Å². The minimum absolute atomic E-state index is 0.0368. The number of hydrogen-bond donors (Lipinski definition) is 0. The van der Waals surface area contributed by atoms with E-state index >= 15 is 0 Å². The van der Waals surface area contributed by atoms with Crippen molar-refractivity contribution in [3.05, 3.63) is 34.9 Å². The van der Waals surface area contributed by atoms with E-state index in [1.807, 2.05) is 0 Å². The minimum Gasteiger partial charge on any atom is -0.384 e. The molecule has 1 aromatic rings. The second kappa shape index (κ2) is 9.94. The van der Waals surface area contributed by atoms with Gasteiger partial charge in [0, 0.05) is 13.0 Å². The molecular formula is C21H27ClF4O3. The Morgan fingerprint density at radius 2 is 1.59 bits per heavy atom. The van der Waals surface area contributed by atoms with Crippen LogP contribution in [-0.4, -0.2) is 33.2 Å². The van der Waals surface area contributed by atoms with Gasteiger partial charge < -0.3 is 14.2 Å². The van der Waals surface area contributed by atoms with E-state index in [0.29, 0.717) is 31.3 Å². The van der Waals surface area contributed by atoms with Crippen molar-refractivity contribution >= 4 is 11.6 Å². The maximum atomic E-state index is 14.0. The quantitative estimate of drug-likeness (QED) is 0.389. The molecule has 3 rings (SSSR count). The zero-order valence-corrected chi connectivity index (χ0v) is 17.2. The average molecular weight is 439 g/mol. The summed E-state index contributed by atoms with van der Waals surface area (Å²) in [6.07, 6.45) is 4.96. The highest BCUT2D eigenvalue weighted by molar-refractivity contribution is 6.21. The van der Waals surface area contributed by atoms with Crippen LogP contribution in [0.4, 0.5) is 17.6 Å². The van der Waals surface area contributed by atoms with Gasteiger partial charge in [-0.3, -0.25) is 0 Å². The fraction of sp³-hybridized carbons (Fsp3) is 0.714. The SMILES string of the molecule is COCC1COC(CCC2CCC(c3cc(F)c(C(F)(F)Cl)c(F)c3)CC2)OC1. The molecule has 2 aliphatic rings. The van der Waals surface area contributed by atoms with E-state index in [1.54, 1.807) is 7.11 Å². The highest BCUT2D eigenvalue weighted by Crippen LogP contribution is 2.41. The lowest BCUT2D eigenvalue weighted by molar-refractivity contribution is -0.210. The van der Waals surface area contributed by atoms with Gasteiger partial charge in [-0.15, -0.1) is 0 Å². The summed E-state index contributed by atoms with van der Waals surface area (Å²) in [6, 6.07) is 2.00. The van der Waals surface area contributed by atoms with Crippen LogP contribution in [0.2, 0.25) is 0 Å². The molecule has 1 saturated carbocycles. The number of benzene rings is 1. The predicted octanol–water partition coefficient (Wildman–Crippen LogP) is 5.94. The van der Waals surface area contributed by atoms with Gasteiger partial charge in [0.25, 0.3) is 0 Å². The summed E-state index contributed by atoms with van der Waals surface area (Å²) in [7, 11) is 1.66. The van der Waals surface area contributed by atoms with Crippen molar-refractivity contribution in [1.82, 2.24) is 0 Å². The Kier molecular flexibility index (Phi) is 7.81. The molecule has 0 spiro atoms. The van der Waals surface area contributed by atoms with Crippen LogP contribution in [0.15, 0.2) is 12.1 Å². The van der Waals surface area contributed by atoms with Gasteiger partial charge in [0.2, 0.25) is 0 Å². The predicted molar refractivity (Wildman–Crippen MR) is 101 cm³/mol. The number of hydrogen-bond acceptors (Lipinski definition) is 3. The van der Waals surface area contributed by atoms with Gasteiger partial charge in [0.1, 0.15) is 17.2 Å². The van der Waals surface area contributed by atoms with E-state index in [-0.39, 0.29) is 18.1 Å². The van der Waals surface area contributed by atoms with E-state index in [2.05, 4.69) is 0 Å². The number of rotatable bonds is 7. The molecule has 3 nitrogen and oxygen atoms in total. The fourth-order valence-corrected chi connectivity index (χ4v) is 4.52. The molecule has 0 radical (unpaired) electrons. The van der Waals surface area contributed by atoms with Crippen molar-refractivity contribution < 1.29 is 31.8 Å². The summed E-state index contributed by atoms with van der Waals surface area (Å²) in [5.41, 5.74) is -0.955. The molecule has 0 atom stereocenters. The molecular weight excluding hydrogens is 412 g/mol. The van der Waals surface area contributed by atoms with E-state index in [4.69, 9.17) is 25.8 Å². The number of methoxy groups -OCH3 is 1. The minimum atomic E-state index is -4.06. The zero-order valence-electron chi connectivity index (χ0n) is 16.4. The van der Waals surface area contributed by atoms with E-state index in [9.17, 15) is 17.6 Å². The van der Waals surface area contributed by atoms with Crippen molar-refractivity contribution in [2.75, 3.05) is 26.9 Å². The lowest BCUT2D eigenvalue weighted by Gasteiger charge is -2.32. The van der Waals surface area contributed by atoms with Crippen LogP contribution >= 0.6 is 11.6 Å². The van der Waals surface area contributed by atoms with Crippen LogP contribution in [0.3, 0.4) is 0 Å². The van der Waals surface area contributed by atoms with Gasteiger partial charge in [0.05, 0.1) is 19.8 Å². The Hall–Kier alpha value is -0.890. The Morgan fingerprint density at radius 3 is 2.10 bits per heavy atom. The van der Waals surface area contributed by atoms with Gasteiger partial charge in [-0.25, -0.2) is 8.78 Å². The van der Waals surface area contributed by atoms with Crippen molar-refractivity contribution in [3.8, 4) is 0 Å². The van der Waals surface area contributed by atoms with Gasteiger partial charge >= 0.3 is 5.38 Å². The monoisotopic (exact) mass is 438 g/mol. The molecule has 0 bridgehead atoms. The van der Waals surface area contributed by atoms with E-state index in [0.717, 1.165) is 50.7 Å². The van der Waals surface area contributed by atoms with Gasteiger partial charge in [0.15, 0.2) is 6.29 Å². The summed E-state index contributed by atoms with van der Waals surface area (Å²) < 4.78 is 70.9. The largest absolute Gasteiger partial charge is 0.384 e. The Bertz CT molecular complexity index is 643. The van der Waals surface area contributed by atoms with Crippen LogP contribution in [0, 0.1) is 23.5 Å². The third-order valence-corrected chi connectivity index (χ3v) is 6.10. The van der Waals surface area contributed by atoms with Crippen molar-refractivity contribution in [2.24, 2.45) is 11.8 Å². The maximum Gasteiger partial charge on any atom is 0.353 e. The lowest BCUT2D eigenvalue weighted by Crippen LogP contribution is -2.34. The maximum absolute atomic E-state index is 14.0. The van der Waals surface area contributed by atoms with Crippen LogP contribution < -0.4 is 0 Å². The van der Waals surface area contributed by atoms with Gasteiger partial charge in [-0.05, 0) is 79.7 Å². The van der Waals surface area contributed by atoms with Crippen LogP contribution in [0.25, 0.3) is 0 Å². The zero-order chi connectivity index (χ0) is 21.0. The first-order valence-corrected chi connectivity index (χ1v) is 10.4. The molecule has 1 heterocycles. The van der Waals surface area contributed by atoms with Crippen molar-refractivity contribution in [3.63, 3.8) is 0 Å². The molecule has 1 saturated heterocycles. The molecule has 8 heteroatoms. The molecule has 29 heavy (non-hydrogen) atoms. The molecule has 0 unspecified atom stereocenters. The Balaban J connectivity index is 1.46. The van der Waals surface area contributed by atoms with Crippen LogP contribution in [0.5, 0.6) is 0 Å². The van der Waals surface area contributed by atoms with Crippen molar-refractivity contribution in [1.29, 1.82) is 0 Å². The van der Waals surface area contributed by atoms with Gasteiger partial charge in [-0.2, -0.15) is 8.78 Å². The number of ether oxygens (including phenoxy) is 3. The third-order valence-electron chi connectivity index (χ3n) is 5.91. The second-order valence-electron chi connectivity index (χ2n) is 8.07. The summed E-state index contributed by atoms with van der Waals surface area (Å²) in [6.45, 7) is 1.90. The van der Waals surface area contributed by atoms with Crippen LogP contribution in [0.1, 0.15) is 55.6 Å². The van der Waals surface area contributed by atoms with E-state index < -0.39 is 22.6 Å². The molecule has 164 valence electrons. The second-order valence-corrected chi connectivity index (χ2v) is 8.54. The summed E-state index contributed by atoms with van der Waals surface area (Å²) >= 11 is 4.81. The van der Waals surface area contributed by atoms with Gasteiger partial charge in [-0.1, -0.05) is 0 Å². The molecule has 1 aliphatic heterocycles. The topological polar surface area (TPSA) is 27.7 Å². The number of alkyl halides is 3. The third kappa shape index (κ3) is 6.06. The summed E-state index contributed by atoms with van der Waals surface area (Å²) in [5.74, 6) is -1.85. The van der Waals surface area contributed by atoms with E-state index in [1.165, 1.54) is 0 Å². The standard InChI is InChI=1S/C21H27ClF4O3/c1-27-10-14-11-28-19(29-12-14)7-4-13-2-5-15(6-3-13)16-8-17(23)20(18(24)9-16)21(22,25)26/h8-9,13-15,19H,2-7,10-12H2,1H3. The summed E-state index contributed by atoms with van der Waals surface area (Å²) in [4.78, 5) is 0. The fourth-order valence-electron chi connectivity index (χ4n) is 4.34. The first-order valence-electron chi connectivity index (χ1n) is 10.1. The van der Waals surface area contributed by atoms with Crippen molar-refractivity contribution in [2.45, 2.75) is 56.1 Å². The lowest BCUT2D eigenvalue weighted by atomic mass is 9.77. The molecule has 0 amide bonds. The highest BCUT2D eigenvalue weighted by Gasteiger charge is 2.36. The molecule has 0 N–H and O–H groups in total. The van der Waals surface area contributed by atoms with Crippen LogP contribution in [-0.2, 0) is 19.6 Å². The Morgan fingerprint density at radius 1 is 1.00 bits per heavy atom. The molecule has 2 fully saturated rings.